The van der Waals surface area contributed by atoms with Gasteiger partial charge < -0.3 is 5.73 Å². The monoisotopic (exact) mass is 257 g/mol. The van der Waals surface area contributed by atoms with Gasteiger partial charge in [0.25, 0.3) is 0 Å². The molecule has 19 heavy (non-hydrogen) atoms. The van der Waals surface area contributed by atoms with Crippen molar-refractivity contribution in [3.05, 3.63) is 42.5 Å². The van der Waals surface area contributed by atoms with Crippen molar-refractivity contribution < 1.29 is 4.39 Å². The average Bonchev–Trinajstić information content (AvgIpc) is 2.96. The number of H-pyrrole nitrogens is 1. The summed E-state index contributed by atoms with van der Waals surface area (Å²) >= 11 is 0. The standard InChI is InChI=1S/C13H12FN5/c1-19-7-8(6-16-19)12-11(13(15)18-17-12)9-4-2-3-5-10(9)14/h2-7H,1H3,(H3,15,17,18). The van der Waals surface area contributed by atoms with E-state index in [0.29, 0.717) is 16.8 Å². The number of nitrogens with one attached hydrogen (secondary N) is 1. The quantitative estimate of drug-likeness (QED) is 0.739. The number of aromatic nitrogens is 4. The van der Waals surface area contributed by atoms with Crippen molar-refractivity contribution in [3.8, 4) is 22.4 Å². The summed E-state index contributed by atoms with van der Waals surface area (Å²) in [7, 11) is 1.81. The van der Waals surface area contributed by atoms with Gasteiger partial charge in [0, 0.05) is 24.4 Å². The van der Waals surface area contributed by atoms with Crippen molar-refractivity contribution in [1.29, 1.82) is 0 Å². The molecule has 0 saturated heterocycles. The zero-order chi connectivity index (χ0) is 13.4. The number of benzene rings is 1. The number of hydrogen-bond donors (Lipinski definition) is 2. The molecule has 0 aliphatic rings. The van der Waals surface area contributed by atoms with Gasteiger partial charge in [-0.1, -0.05) is 18.2 Å². The molecule has 0 amide bonds. The summed E-state index contributed by atoms with van der Waals surface area (Å²) in [5.74, 6) is -0.0651. The zero-order valence-electron chi connectivity index (χ0n) is 10.3. The van der Waals surface area contributed by atoms with Crippen LogP contribution >= 0.6 is 0 Å². The summed E-state index contributed by atoms with van der Waals surface area (Å²) in [6.07, 6.45) is 3.49. The first-order chi connectivity index (χ1) is 9.16. The molecule has 0 bridgehead atoms. The summed E-state index contributed by atoms with van der Waals surface area (Å²) in [6, 6.07) is 6.47. The molecule has 0 fully saturated rings. The van der Waals surface area contributed by atoms with Gasteiger partial charge in [0.05, 0.1) is 17.5 Å². The molecule has 96 valence electrons. The maximum absolute atomic E-state index is 13.9. The molecule has 0 saturated carbocycles. The van der Waals surface area contributed by atoms with E-state index in [-0.39, 0.29) is 11.6 Å². The molecule has 3 aromatic rings. The molecule has 0 spiro atoms. The Morgan fingerprint density at radius 2 is 2.11 bits per heavy atom. The average molecular weight is 257 g/mol. The second kappa shape index (κ2) is 4.24. The van der Waals surface area contributed by atoms with Crippen molar-refractivity contribution in [1.82, 2.24) is 20.0 Å². The van der Waals surface area contributed by atoms with E-state index in [9.17, 15) is 4.39 Å². The van der Waals surface area contributed by atoms with Gasteiger partial charge in [-0.05, 0) is 6.07 Å². The van der Waals surface area contributed by atoms with Gasteiger partial charge in [0.15, 0.2) is 5.82 Å². The number of rotatable bonds is 2. The number of hydrogen-bond acceptors (Lipinski definition) is 3. The molecule has 0 unspecified atom stereocenters. The molecule has 2 heterocycles. The van der Waals surface area contributed by atoms with Crippen LogP contribution in [0.3, 0.4) is 0 Å². The second-order valence-electron chi connectivity index (χ2n) is 4.24. The Bertz CT molecular complexity index is 728. The van der Waals surface area contributed by atoms with E-state index in [4.69, 9.17) is 5.73 Å². The minimum atomic E-state index is -0.333. The lowest BCUT2D eigenvalue weighted by atomic mass is 10.0. The Hall–Kier alpha value is -2.63. The van der Waals surface area contributed by atoms with Crippen molar-refractivity contribution in [2.45, 2.75) is 0 Å². The number of aryl methyl sites for hydroxylation is 1. The van der Waals surface area contributed by atoms with Crippen LogP contribution < -0.4 is 5.73 Å². The predicted molar refractivity (Wildman–Crippen MR) is 70.6 cm³/mol. The fraction of sp³-hybridized carbons (Fsp3) is 0.0769. The normalized spacial score (nSPS) is 10.8. The second-order valence-corrected chi connectivity index (χ2v) is 4.24. The van der Waals surface area contributed by atoms with Gasteiger partial charge in [0.1, 0.15) is 5.82 Å². The van der Waals surface area contributed by atoms with E-state index in [1.54, 1.807) is 29.1 Å². The minimum Gasteiger partial charge on any atom is -0.382 e. The third-order valence-corrected chi connectivity index (χ3v) is 2.93. The summed E-state index contributed by atoms with van der Waals surface area (Å²) < 4.78 is 15.6. The first-order valence-corrected chi connectivity index (χ1v) is 5.74. The van der Waals surface area contributed by atoms with Crippen molar-refractivity contribution in [3.63, 3.8) is 0 Å². The van der Waals surface area contributed by atoms with Gasteiger partial charge in [-0.3, -0.25) is 9.78 Å². The summed E-state index contributed by atoms with van der Waals surface area (Å²) in [5.41, 5.74) is 8.31. The summed E-state index contributed by atoms with van der Waals surface area (Å²) in [5, 5.41) is 10.9. The Labute approximate surface area is 108 Å². The van der Waals surface area contributed by atoms with Crippen molar-refractivity contribution in [2.75, 3.05) is 5.73 Å². The van der Waals surface area contributed by atoms with Crippen LogP contribution in [0, 0.1) is 5.82 Å². The molecule has 6 heteroatoms. The summed E-state index contributed by atoms with van der Waals surface area (Å²) in [6.45, 7) is 0. The van der Waals surface area contributed by atoms with Crippen molar-refractivity contribution in [2.24, 2.45) is 7.05 Å². The van der Waals surface area contributed by atoms with Crippen LogP contribution in [0.15, 0.2) is 36.7 Å². The highest BCUT2D eigenvalue weighted by Crippen LogP contribution is 2.35. The predicted octanol–water partition coefficient (Wildman–Crippen LogP) is 2.20. The Morgan fingerprint density at radius 3 is 2.79 bits per heavy atom. The van der Waals surface area contributed by atoms with Gasteiger partial charge >= 0.3 is 0 Å². The molecule has 0 radical (unpaired) electrons. The topological polar surface area (TPSA) is 72.5 Å². The van der Waals surface area contributed by atoms with Gasteiger partial charge in [-0.15, -0.1) is 0 Å². The van der Waals surface area contributed by atoms with E-state index in [2.05, 4.69) is 15.3 Å². The molecule has 5 nitrogen and oxygen atoms in total. The van der Waals surface area contributed by atoms with Crippen LogP contribution in [0.2, 0.25) is 0 Å². The SMILES string of the molecule is Cn1cc(-c2[nH]nc(N)c2-c2ccccc2F)cn1. The highest BCUT2D eigenvalue weighted by Gasteiger charge is 2.18. The fourth-order valence-corrected chi connectivity index (χ4v) is 2.05. The van der Waals surface area contributed by atoms with Gasteiger partial charge in [-0.25, -0.2) is 4.39 Å². The van der Waals surface area contributed by atoms with Crippen molar-refractivity contribution >= 4 is 5.82 Å². The number of nitrogens with zero attached hydrogens (tertiary/aromatic N) is 3. The number of anilines is 1. The Morgan fingerprint density at radius 1 is 1.32 bits per heavy atom. The van der Waals surface area contributed by atoms with E-state index in [0.717, 1.165) is 5.56 Å². The zero-order valence-corrected chi connectivity index (χ0v) is 10.3. The molecule has 0 aliphatic carbocycles. The molecule has 0 aliphatic heterocycles. The maximum atomic E-state index is 13.9. The van der Waals surface area contributed by atoms with E-state index < -0.39 is 0 Å². The lowest BCUT2D eigenvalue weighted by Crippen LogP contribution is -1.91. The van der Waals surface area contributed by atoms with Gasteiger partial charge in [-0.2, -0.15) is 10.2 Å². The first-order valence-electron chi connectivity index (χ1n) is 5.74. The van der Waals surface area contributed by atoms with Crippen LogP contribution in [-0.4, -0.2) is 20.0 Å². The van der Waals surface area contributed by atoms with E-state index >= 15 is 0 Å². The van der Waals surface area contributed by atoms with Gasteiger partial charge in [0.2, 0.25) is 0 Å². The third kappa shape index (κ3) is 1.87. The largest absolute Gasteiger partial charge is 0.382 e. The number of nitrogen functional groups attached to an aromatic ring is 1. The molecular weight excluding hydrogens is 245 g/mol. The van der Waals surface area contributed by atoms with E-state index in [1.165, 1.54) is 6.07 Å². The highest BCUT2D eigenvalue weighted by molar-refractivity contribution is 5.87. The highest BCUT2D eigenvalue weighted by atomic mass is 19.1. The number of aromatic amines is 1. The number of halogens is 1. The minimum absolute atomic E-state index is 0.268. The Kier molecular flexibility index (Phi) is 2.56. The summed E-state index contributed by atoms with van der Waals surface area (Å²) in [4.78, 5) is 0. The molecular formula is C13H12FN5. The fourth-order valence-electron chi connectivity index (χ4n) is 2.05. The third-order valence-electron chi connectivity index (χ3n) is 2.93. The first kappa shape index (κ1) is 11.5. The van der Waals surface area contributed by atoms with Crippen LogP contribution in [-0.2, 0) is 7.05 Å². The van der Waals surface area contributed by atoms with Crippen LogP contribution in [0.25, 0.3) is 22.4 Å². The van der Waals surface area contributed by atoms with Crippen LogP contribution in [0.4, 0.5) is 10.2 Å². The molecule has 1 aromatic carbocycles. The van der Waals surface area contributed by atoms with Crippen LogP contribution in [0.1, 0.15) is 0 Å². The molecule has 3 rings (SSSR count). The smallest absolute Gasteiger partial charge is 0.153 e. The van der Waals surface area contributed by atoms with E-state index in [1.807, 2.05) is 13.2 Å². The number of nitrogens with two attached hydrogens (primary N) is 1. The van der Waals surface area contributed by atoms with Crippen LogP contribution in [0.5, 0.6) is 0 Å². The molecule has 0 atom stereocenters. The Balaban J connectivity index is 2.22. The lowest BCUT2D eigenvalue weighted by Gasteiger charge is -2.04. The molecule has 2 aromatic heterocycles. The molecule has 3 N–H and O–H groups in total. The lowest BCUT2D eigenvalue weighted by molar-refractivity contribution is 0.631. The maximum Gasteiger partial charge on any atom is 0.153 e.